The van der Waals surface area contributed by atoms with Crippen LogP contribution < -0.4 is 10.1 Å². The smallest absolute Gasteiger partial charge is 0.263 e. The van der Waals surface area contributed by atoms with Crippen LogP contribution in [-0.2, 0) is 4.79 Å². The zero-order valence-electron chi connectivity index (χ0n) is 11.3. The molecule has 19 heavy (non-hydrogen) atoms. The molecular weight excluding hydrogens is 308 g/mol. The zero-order chi connectivity index (χ0) is 13.8. The number of aryl methyl sites for hydroxylation is 1. The summed E-state index contributed by atoms with van der Waals surface area (Å²) in [5, 5.41) is 3.23. The summed E-state index contributed by atoms with van der Waals surface area (Å²) in [6.45, 7) is 7.03. The summed E-state index contributed by atoms with van der Waals surface area (Å²) in [6.07, 6.45) is -0.446. The molecule has 5 heteroatoms. The molecule has 1 atom stereocenters. The fourth-order valence-electron chi connectivity index (χ4n) is 2.09. The third-order valence-electron chi connectivity index (χ3n) is 3.22. The molecule has 1 aliphatic rings. The van der Waals surface area contributed by atoms with Gasteiger partial charge in [-0.3, -0.25) is 4.79 Å². The summed E-state index contributed by atoms with van der Waals surface area (Å²) in [6, 6.07) is 5.75. The van der Waals surface area contributed by atoms with Gasteiger partial charge in [0.15, 0.2) is 6.10 Å². The molecule has 1 aromatic rings. The minimum Gasteiger partial charge on any atom is -0.481 e. The molecule has 1 saturated heterocycles. The van der Waals surface area contributed by atoms with Gasteiger partial charge < -0.3 is 15.0 Å². The molecule has 0 aromatic heterocycles. The molecule has 0 aliphatic carbocycles. The molecule has 0 saturated carbocycles. The molecule has 104 valence electrons. The van der Waals surface area contributed by atoms with Crippen molar-refractivity contribution in [2.45, 2.75) is 20.0 Å². The molecule has 1 unspecified atom stereocenters. The first-order chi connectivity index (χ1) is 9.08. The maximum Gasteiger partial charge on any atom is 0.263 e. The second-order valence-electron chi connectivity index (χ2n) is 4.75. The molecule has 1 N–H and O–H groups in total. The van der Waals surface area contributed by atoms with E-state index < -0.39 is 6.10 Å². The molecule has 1 heterocycles. The standard InChI is InChI=1S/C14H19BrN2O2/c1-10-9-12(3-4-13(10)15)19-11(2)14(18)17-7-5-16-6-8-17/h3-4,9,11,16H,5-8H2,1-2H3. The van der Waals surface area contributed by atoms with Crippen molar-refractivity contribution in [3.63, 3.8) is 0 Å². The van der Waals surface area contributed by atoms with Crippen LogP contribution in [0.5, 0.6) is 5.75 Å². The number of ether oxygens (including phenoxy) is 1. The van der Waals surface area contributed by atoms with Crippen molar-refractivity contribution in [2.75, 3.05) is 26.2 Å². The third-order valence-corrected chi connectivity index (χ3v) is 4.11. The lowest BCUT2D eigenvalue weighted by Crippen LogP contribution is -2.50. The van der Waals surface area contributed by atoms with Crippen LogP contribution in [0.3, 0.4) is 0 Å². The Morgan fingerprint density at radius 1 is 1.42 bits per heavy atom. The quantitative estimate of drug-likeness (QED) is 0.923. The zero-order valence-corrected chi connectivity index (χ0v) is 12.9. The van der Waals surface area contributed by atoms with Gasteiger partial charge in [-0.15, -0.1) is 0 Å². The summed E-state index contributed by atoms with van der Waals surface area (Å²) >= 11 is 3.45. The molecule has 1 aromatic carbocycles. The molecule has 4 nitrogen and oxygen atoms in total. The van der Waals surface area contributed by atoms with Gasteiger partial charge in [-0.25, -0.2) is 0 Å². The number of hydrogen-bond acceptors (Lipinski definition) is 3. The fraction of sp³-hybridized carbons (Fsp3) is 0.500. The Morgan fingerprint density at radius 2 is 2.11 bits per heavy atom. The first kappa shape index (κ1) is 14.3. The lowest BCUT2D eigenvalue weighted by atomic mass is 10.2. The maximum atomic E-state index is 12.2. The number of rotatable bonds is 3. The van der Waals surface area contributed by atoms with E-state index in [1.165, 1.54) is 0 Å². The van der Waals surface area contributed by atoms with E-state index in [0.29, 0.717) is 0 Å². The Bertz CT molecular complexity index is 459. The van der Waals surface area contributed by atoms with Gasteiger partial charge in [-0.1, -0.05) is 15.9 Å². The van der Waals surface area contributed by atoms with Gasteiger partial charge >= 0.3 is 0 Å². The molecule has 1 fully saturated rings. The number of halogens is 1. The number of carbonyl (C=O) groups excluding carboxylic acids is 1. The van der Waals surface area contributed by atoms with Crippen molar-refractivity contribution in [1.82, 2.24) is 10.2 Å². The highest BCUT2D eigenvalue weighted by Crippen LogP contribution is 2.22. The van der Waals surface area contributed by atoms with Crippen molar-refractivity contribution in [3.05, 3.63) is 28.2 Å². The minimum atomic E-state index is -0.446. The number of nitrogens with zero attached hydrogens (tertiary/aromatic N) is 1. The monoisotopic (exact) mass is 326 g/mol. The highest BCUT2D eigenvalue weighted by atomic mass is 79.9. The molecule has 1 aliphatic heterocycles. The Labute approximate surface area is 122 Å². The third kappa shape index (κ3) is 3.70. The second kappa shape index (κ2) is 6.39. The Morgan fingerprint density at radius 3 is 2.74 bits per heavy atom. The normalized spacial score (nSPS) is 17.1. The van der Waals surface area contributed by atoms with Crippen molar-refractivity contribution in [1.29, 1.82) is 0 Å². The van der Waals surface area contributed by atoms with Gasteiger partial charge in [0.2, 0.25) is 0 Å². The van der Waals surface area contributed by atoms with Crippen LogP contribution in [0.2, 0.25) is 0 Å². The topological polar surface area (TPSA) is 41.6 Å². The van der Waals surface area contributed by atoms with Gasteiger partial charge in [-0.2, -0.15) is 0 Å². The van der Waals surface area contributed by atoms with E-state index in [2.05, 4.69) is 21.2 Å². The van der Waals surface area contributed by atoms with Crippen molar-refractivity contribution in [2.24, 2.45) is 0 Å². The van der Waals surface area contributed by atoms with Crippen molar-refractivity contribution in [3.8, 4) is 5.75 Å². The predicted octanol–water partition coefficient (Wildman–Crippen LogP) is 1.96. The van der Waals surface area contributed by atoms with E-state index in [9.17, 15) is 4.79 Å². The van der Waals surface area contributed by atoms with E-state index in [0.717, 1.165) is 42.0 Å². The summed E-state index contributed by atoms with van der Waals surface area (Å²) in [4.78, 5) is 14.1. The molecule has 0 bridgehead atoms. The van der Waals surface area contributed by atoms with Crippen molar-refractivity contribution < 1.29 is 9.53 Å². The first-order valence-corrected chi connectivity index (χ1v) is 7.29. The molecule has 0 spiro atoms. The number of hydrogen-bond donors (Lipinski definition) is 1. The van der Waals surface area contributed by atoms with E-state index in [-0.39, 0.29) is 5.91 Å². The van der Waals surface area contributed by atoms with Gasteiger partial charge in [0.05, 0.1) is 0 Å². The van der Waals surface area contributed by atoms with Gasteiger partial charge in [0.25, 0.3) is 5.91 Å². The van der Waals surface area contributed by atoms with Crippen LogP contribution in [0.1, 0.15) is 12.5 Å². The lowest BCUT2D eigenvalue weighted by molar-refractivity contribution is -0.138. The number of benzene rings is 1. The number of nitrogens with one attached hydrogen (secondary N) is 1. The lowest BCUT2D eigenvalue weighted by Gasteiger charge is -2.29. The van der Waals surface area contributed by atoms with Crippen LogP contribution in [0, 0.1) is 6.92 Å². The maximum absolute atomic E-state index is 12.2. The average Bonchev–Trinajstić information content (AvgIpc) is 2.43. The Balaban J connectivity index is 1.97. The van der Waals surface area contributed by atoms with E-state index >= 15 is 0 Å². The first-order valence-electron chi connectivity index (χ1n) is 6.50. The second-order valence-corrected chi connectivity index (χ2v) is 5.60. The summed E-state index contributed by atoms with van der Waals surface area (Å²) < 4.78 is 6.78. The van der Waals surface area contributed by atoms with Gasteiger partial charge in [0, 0.05) is 30.7 Å². The molecular formula is C14H19BrN2O2. The summed E-state index contributed by atoms with van der Waals surface area (Å²) in [5.41, 5.74) is 1.10. The fourth-order valence-corrected chi connectivity index (χ4v) is 2.33. The largest absolute Gasteiger partial charge is 0.481 e. The highest BCUT2D eigenvalue weighted by molar-refractivity contribution is 9.10. The van der Waals surface area contributed by atoms with Crippen LogP contribution >= 0.6 is 15.9 Å². The van der Waals surface area contributed by atoms with Gasteiger partial charge in [-0.05, 0) is 37.6 Å². The van der Waals surface area contributed by atoms with Gasteiger partial charge in [0.1, 0.15) is 5.75 Å². The Hall–Kier alpha value is -1.07. The Kier molecular flexibility index (Phi) is 4.82. The molecule has 0 radical (unpaired) electrons. The highest BCUT2D eigenvalue weighted by Gasteiger charge is 2.23. The molecule has 1 amide bonds. The predicted molar refractivity (Wildman–Crippen MR) is 78.4 cm³/mol. The summed E-state index contributed by atoms with van der Waals surface area (Å²) in [5.74, 6) is 0.791. The SMILES string of the molecule is Cc1cc(OC(C)C(=O)N2CCNCC2)ccc1Br. The number of piperazine rings is 1. The van der Waals surface area contributed by atoms with Crippen molar-refractivity contribution >= 4 is 21.8 Å². The minimum absolute atomic E-state index is 0.0575. The van der Waals surface area contributed by atoms with Crippen LogP contribution in [0.4, 0.5) is 0 Å². The van der Waals surface area contributed by atoms with Crippen LogP contribution in [0.15, 0.2) is 22.7 Å². The van der Waals surface area contributed by atoms with Crippen LogP contribution in [0.25, 0.3) is 0 Å². The van der Waals surface area contributed by atoms with E-state index in [4.69, 9.17) is 4.74 Å². The van der Waals surface area contributed by atoms with Crippen LogP contribution in [-0.4, -0.2) is 43.1 Å². The summed E-state index contributed by atoms with van der Waals surface area (Å²) in [7, 11) is 0. The average molecular weight is 327 g/mol. The van der Waals surface area contributed by atoms with E-state index in [1.807, 2.05) is 36.9 Å². The number of carbonyl (C=O) groups is 1. The number of amides is 1. The van der Waals surface area contributed by atoms with E-state index in [1.54, 1.807) is 0 Å². The molecule has 2 rings (SSSR count).